The van der Waals surface area contributed by atoms with Crippen molar-refractivity contribution >= 4 is 5.82 Å². The molecule has 1 aromatic rings. The highest BCUT2D eigenvalue weighted by atomic mass is 15.3. The van der Waals surface area contributed by atoms with Crippen LogP contribution in [0.25, 0.3) is 0 Å². The molecule has 2 aliphatic heterocycles. The van der Waals surface area contributed by atoms with Gasteiger partial charge >= 0.3 is 0 Å². The lowest BCUT2D eigenvalue weighted by atomic mass is 10.1. The minimum atomic E-state index is 0.651. The smallest absolute Gasteiger partial charge is 0.125 e. The van der Waals surface area contributed by atoms with Crippen LogP contribution in [0.2, 0.25) is 0 Å². The maximum Gasteiger partial charge on any atom is 0.125 e. The highest BCUT2D eigenvalue weighted by Crippen LogP contribution is 2.25. The molecule has 2 fully saturated rings. The molecule has 104 valence electrons. The Morgan fingerprint density at radius 3 is 3.00 bits per heavy atom. The minimum Gasteiger partial charge on any atom is -0.373 e. The molecular weight excluding hydrogens is 236 g/mol. The molecule has 0 aliphatic carbocycles. The summed E-state index contributed by atoms with van der Waals surface area (Å²) in [4.78, 5) is 9.69. The lowest BCUT2D eigenvalue weighted by molar-refractivity contribution is 0.0540. The van der Waals surface area contributed by atoms with Crippen molar-refractivity contribution in [3.05, 3.63) is 23.9 Å². The molecule has 4 nitrogen and oxygen atoms in total. The van der Waals surface area contributed by atoms with Crippen LogP contribution in [0, 0.1) is 0 Å². The number of nitrogens with zero attached hydrogens (tertiary/aromatic N) is 3. The third-order valence-corrected chi connectivity index (χ3v) is 4.53. The second-order valence-corrected chi connectivity index (χ2v) is 5.87. The molecule has 0 saturated carbocycles. The zero-order valence-electron chi connectivity index (χ0n) is 12.0. The highest BCUT2D eigenvalue weighted by Gasteiger charge is 2.34. The second-order valence-electron chi connectivity index (χ2n) is 5.87. The summed E-state index contributed by atoms with van der Waals surface area (Å²) in [6.07, 6.45) is 4.75. The largest absolute Gasteiger partial charge is 0.373 e. The van der Waals surface area contributed by atoms with Crippen LogP contribution in [0.5, 0.6) is 0 Å². The van der Waals surface area contributed by atoms with Crippen LogP contribution in [-0.2, 0) is 6.54 Å². The Bertz CT molecular complexity index is 417. The van der Waals surface area contributed by atoms with E-state index in [2.05, 4.69) is 39.2 Å². The van der Waals surface area contributed by atoms with E-state index in [1.807, 2.05) is 13.2 Å². The first kappa shape index (κ1) is 12.9. The normalized spacial score (nSPS) is 28.3. The average molecular weight is 260 g/mol. The maximum absolute atomic E-state index is 4.41. The Kier molecular flexibility index (Phi) is 3.71. The predicted octanol–water partition coefficient (Wildman–Crippen LogP) is 1.79. The zero-order chi connectivity index (χ0) is 13.2. The molecule has 2 saturated heterocycles. The molecule has 3 rings (SSSR count). The second kappa shape index (κ2) is 5.47. The van der Waals surface area contributed by atoms with E-state index in [-0.39, 0.29) is 0 Å². The fraction of sp³-hybridized carbons (Fsp3) is 0.667. The fourth-order valence-electron chi connectivity index (χ4n) is 3.37. The topological polar surface area (TPSA) is 31.4 Å². The van der Waals surface area contributed by atoms with Gasteiger partial charge in [-0.05, 0) is 37.9 Å². The van der Waals surface area contributed by atoms with Crippen molar-refractivity contribution in [3.63, 3.8) is 0 Å². The molecule has 0 radical (unpaired) electrons. The maximum atomic E-state index is 4.41. The monoisotopic (exact) mass is 260 g/mol. The van der Waals surface area contributed by atoms with Crippen LogP contribution in [-0.4, -0.2) is 53.5 Å². The zero-order valence-corrected chi connectivity index (χ0v) is 12.0. The SMILES string of the molecule is CNc1ccc(CN2CC3CCCN3CC2C)cn1. The number of fused-ring (bicyclic) bond motifs is 1. The molecule has 2 aliphatic rings. The van der Waals surface area contributed by atoms with Crippen LogP contribution < -0.4 is 5.32 Å². The Morgan fingerprint density at radius 1 is 1.37 bits per heavy atom. The highest BCUT2D eigenvalue weighted by molar-refractivity contribution is 5.34. The van der Waals surface area contributed by atoms with Gasteiger partial charge in [-0.1, -0.05) is 6.07 Å². The van der Waals surface area contributed by atoms with Crippen molar-refractivity contribution in [3.8, 4) is 0 Å². The van der Waals surface area contributed by atoms with E-state index in [0.29, 0.717) is 6.04 Å². The first-order valence-electron chi connectivity index (χ1n) is 7.37. The van der Waals surface area contributed by atoms with Gasteiger partial charge in [0.15, 0.2) is 0 Å². The van der Waals surface area contributed by atoms with Crippen LogP contribution >= 0.6 is 0 Å². The molecule has 0 spiro atoms. The van der Waals surface area contributed by atoms with Gasteiger partial charge in [-0.2, -0.15) is 0 Å². The van der Waals surface area contributed by atoms with Crippen molar-refractivity contribution in [2.45, 2.75) is 38.4 Å². The van der Waals surface area contributed by atoms with Gasteiger partial charge in [-0.3, -0.25) is 9.80 Å². The number of piperazine rings is 1. The van der Waals surface area contributed by atoms with Gasteiger partial charge in [-0.15, -0.1) is 0 Å². The lowest BCUT2D eigenvalue weighted by Crippen LogP contribution is -2.54. The van der Waals surface area contributed by atoms with Crippen molar-refractivity contribution in [2.75, 3.05) is 32.0 Å². The van der Waals surface area contributed by atoms with Gasteiger partial charge in [0, 0.05) is 45.0 Å². The van der Waals surface area contributed by atoms with Gasteiger partial charge in [0.05, 0.1) is 0 Å². The van der Waals surface area contributed by atoms with E-state index in [1.54, 1.807) is 0 Å². The third kappa shape index (κ3) is 2.74. The molecule has 2 unspecified atom stereocenters. The molecule has 19 heavy (non-hydrogen) atoms. The number of rotatable bonds is 3. The lowest BCUT2D eigenvalue weighted by Gasteiger charge is -2.42. The van der Waals surface area contributed by atoms with Crippen LogP contribution in [0.1, 0.15) is 25.3 Å². The summed E-state index contributed by atoms with van der Waals surface area (Å²) in [5, 5.41) is 3.07. The summed E-state index contributed by atoms with van der Waals surface area (Å²) in [6, 6.07) is 5.69. The minimum absolute atomic E-state index is 0.651. The third-order valence-electron chi connectivity index (χ3n) is 4.53. The summed E-state index contributed by atoms with van der Waals surface area (Å²) in [7, 11) is 1.91. The molecule has 0 aromatic carbocycles. The number of pyridine rings is 1. The Labute approximate surface area is 115 Å². The van der Waals surface area contributed by atoms with E-state index in [4.69, 9.17) is 0 Å². The van der Waals surface area contributed by atoms with E-state index in [9.17, 15) is 0 Å². The summed E-state index contributed by atoms with van der Waals surface area (Å²) in [5.74, 6) is 0.942. The number of hydrogen-bond acceptors (Lipinski definition) is 4. The Morgan fingerprint density at radius 2 is 2.26 bits per heavy atom. The van der Waals surface area contributed by atoms with Gasteiger partial charge in [0.25, 0.3) is 0 Å². The Balaban J connectivity index is 1.64. The van der Waals surface area contributed by atoms with Gasteiger partial charge < -0.3 is 5.32 Å². The summed E-state index contributed by atoms with van der Waals surface area (Å²) >= 11 is 0. The van der Waals surface area contributed by atoms with Crippen LogP contribution in [0.4, 0.5) is 5.82 Å². The van der Waals surface area contributed by atoms with Crippen molar-refractivity contribution in [1.29, 1.82) is 0 Å². The van der Waals surface area contributed by atoms with E-state index in [1.165, 1.54) is 38.0 Å². The van der Waals surface area contributed by atoms with E-state index in [0.717, 1.165) is 18.4 Å². The van der Waals surface area contributed by atoms with Gasteiger partial charge in [-0.25, -0.2) is 4.98 Å². The quantitative estimate of drug-likeness (QED) is 0.898. The van der Waals surface area contributed by atoms with Gasteiger partial charge in [0.2, 0.25) is 0 Å². The molecule has 4 heteroatoms. The van der Waals surface area contributed by atoms with Crippen molar-refractivity contribution < 1.29 is 0 Å². The van der Waals surface area contributed by atoms with Crippen molar-refractivity contribution in [1.82, 2.24) is 14.8 Å². The summed E-state index contributed by atoms with van der Waals surface area (Å²) < 4.78 is 0. The number of anilines is 1. The Hall–Kier alpha value is -1.13. The summed E-state index contributed by atoms with van der Waals surface area (Å²) in [5.41, 5.74) is 1.32. The van der Waals surface area contributed by atoms with Crippen LogP contribution in [0.15, 0.2) is 18.3 Å². The molecule has 1 N–H and O–H groups in total. The standard InChI is InChI=1S/C15H24N4/c1-12-9-18-7-3-4-14(18)11-19(12)10-13-5-6-15(16-2)17-8-13/h5-6,8,12,14H,3-4,7,9-11H2,1-2H3,(H,16,17). The van der Waals surface area contributed by atoms with E-state index >= 15 is 0 Å². The number of nitrogens with one attached hydrogen (secondary N) is 1. The first-order valence-corrected chi connectivity index (χ1v) is 7.37. The molecular formula is C15H24N4. The van der Waals surface area contributed by atoms with Crippen LogP contribution in [0.3, 0.4) is 0 Å². The molecule has 2 atom stereocenters. The predicted molar refractivity (Wildman–Crippen MR) is 78.3 cm³/mol. The molecule has 1 aromatic heterocycles. The molecule has 0 bridgehead atoms. The molecule has 3 heterocycles. The van der Waals surface area contributed by atoms with E-state index < -0.39 is 0 Å². The summed E-state index contributed by atoms with van der Waals surface area (Å²) in [6.45, 7) is 7.13. The first-order chi connectivity index (χ1) is 9.26. The fourth-order valence-corrected chi connectivity index (χ4v) is 3.37. The number of aromatic nitrogens is 1. The number of hydrogen-bond donors (Lipinski definition) is 1. The average Bonchev–Trinajstić information content (AvgIpc) is 2.87. The molecule has 0 amide bonds. The van der Waals surface area contributed by atoms with Crippen molar-refractivity contribution in [2.24, 2.45) is 0 Å². The van der Waals surface area contributed by atoms with Gasteiger partial charge in [0.1, 0.15) is 5.82 Å².